The van der Waals surface area contributed by atoms with Gasteiger partial charge in [0.1, 0.15) is 4.88 Å². The van der Waals surface area contributed by atoms with E-state index in [1.54, 1.807) is 11.3 Å². The lowest BCUT2D eigenvalue weighted by molar-refractivity contribution is 0.0606. The molecule has 76 valence electrons. The van der Waals surface area contributed by atoms with Crippen LogP contribution in [0.25, 0.3) is 0 Å². The third-order valence-electron chi connectivity index (χ3n) is 2.72. The Balaban J connectivity index is 2.27. The van der Waals surface area contributed by atoms with E-state index in [2.05, 4.69) is 6.92 Å². The van der Waals surface area contributed by atoms with Gasteiger partial charge in [0, 0.05) is 4.88 Å². The maximum absolute atomic E-state index is 11.3. The van der Waals surface area contributed by atoms with Gasteiger partial charge in [0.15, 0.2) is 0 Å². The van der Waals surface area contributed by atoms with Gasteiger partial charge in [0.05, 0.1) is 7.11 Å². The van der Waals surface area contributed by atoms with Gasteiger partial charge in [0.25, 0.3) is 0 Å². The molecule has 0 radical (unpaired) electrons. The summed E-state index contributed by atoms with van der Waals surface area (Å²) in [6.45, 7) is 2.26. The molecule has 2 rings (SSSR count). The summed E-state index contributed by atoms with van der Waals surface area (Å²) < 4.78 is 4.71. The highest BCUT2D eigenvalue weighted by Gasteiger charge is 2.20. The number of carbonyl (C=O) groups excluding carboxylic acids is 1. The van der Waals surface area contributed by atoms with Crippen molar-refractivity contribution < 1.29 is 9.53 Å². The average molecular weight is 210 g/mol. The molecule has 1 unspecified atom stereocenters. The minimum Gasteiger partial charge on any atom is -0.465 e. The number of aryl methyl sites for hydroxylation is 1. The molecular formula is C11H14O2S. The Morgan fingerprint density at radius 3 is 3.14 bits per heavy atom. The fourth-order valence-corrected chi connectivity index (χ4v) is 3.17. The van der Waals surface area contributed by atoms with Crippen LogP contribution in [-0.4, -0.2) is 13.1 Å². The van der Waals surface area contributed by atoms with Crippen molar-refractivity contribution in [3.63, 3.8) is 0 Å². The topological polar surface area (TPSA) is 26.3 Å². The molecule has 0 amide bonds. The van der Waals surface area contributed by atoms with Gasteiger partial charge < -0.3 is 4.74 Å². The van der Waals surface area contributed by atoms with Crippen molar-refractivity contribution in [3.8, 4) is 0 Å². The Kier molecular flexibility index (Phi) is 2.59. The maximum atomic E-state index is 11.3. The van der Waals surface area contributed by atoms with Crippen LogP contribution in [0.5, 0.6) is 0 Å². The van der Waals surface area contributed by atoms with Gasteiger partial charge >= 0.3 is 5.97 Å². The van der Waals surface area contributed by atoms with Gasteiger partial charge in [-0.2, -0.15) is 0 Å². The van der Waals surface area contributed by atoms with E-state index in [1.807, 2.05) is 6.07 Å². The maximum Gasteiger partial charge on any atom is 0.348 e. The van der Waals surface area contributed by atoms with E-state index in [0.717, 1.165) is 23.6 Å². The van der Waals surface area contributed by atoms with Gasteiger partial charge in [-0.1, -0.05) is 6.92 Å². The molecule has 0 N–H and O–H groups in total. The van der Waals surface area contributed by atoms with Crippen molar-refractivity contribution in [1.82, 2.24) is 0 Å². The number of ether oxygens (including phenoxy) is 1. The number of fused-ring (bicyclic) bond motifs is 1. The largest absolute Gasteiger partial charge is 0.465 e. The summed E-state index contributed by atoms with van der Waals surface area (Å²) in [7, 11) is 1.43. The zero-order chi connectivity index (χ0) is 10.1. The minimum atomic E-state index is -0.197. The predicted octanol–water partition coefficient (Wildman–Crippen LogP) is 2.66. The second kappa shape index (κ2) is 3.73. The number of methoxy groups -OCH3 is 1. The molecule has 1 heterocycles. The van der Waals surface area contributed by atoms with Crippen LogP contribution in [0.4, 0.5) is 0 Å². The third kappa shape index (κ3) is 1.69. The summed E-state index contributed by atoms with van der Waals surface area (Å²) in [4.78, 5) is 13.4. The second-order valence-electron chi connectivity index (χ2n) is 3.90. The van der Waals surface area contributed by atoms with E-state index in [0.29, 0.717) is 0 Å². The normalized spacial score (nSPS) is 20.3. The molecule has 1 aromatic rings. The Morgan fingerprint density at radius 1 is 1.64 bits per heavy atom. The zero-order valence-corrected chi connectivity index (χ0v) is 9.32. The fourth-order valence-electron chi connectivity index (χ4n) is 1.87. The minimum absolute atomic E-state index is 0.197. The van der Waals surface area contributed by atoms with Crippen molar-refractivity contribution >= 4 is 17.3 Å². The van der Waals surface area contributed by atoms with Crippen molar-refractivity contribution in [2.45, 2.75) is 26.2 Å². The smallest absolute Gasteiger partial charge is 0.348 e. The molecule has 0 saturated carbocycles. The van der Waals surface area contributed by atoms with Gasteiger partial charge in [0.2, 0.25) is 0 Å². The van der Waals surface area contributed by atoms with Crippen molar-refractivity contribution in [2.24, 2.45) is 5.92 Å². The molecule has 1 aliphatic rings. The lowest BCUT2D eigenvalue weighted by atomic mass is 9.90. The Labute approximate surface area is 87.9 Å². The quantitative estimate of drug-likeness (QED) is 0.666. The Hall–Kier alpha value is -0.830. The van der Waals surface area contributed by atoms with E-state index in [1.165, 1.54) is 24.0 Å². The fraction of sp³-hybridized carbons (Fsp3) is 0.545. The highest BCUT2D eigenvalue weighted by atomic mass is 32.1. The lowest BCUT2D eigenvalue weighted by Crippen LogP contribution is -2.07. The number of esters is 1. The number of carbonyl (C=O) groups is 1. The first-order chi connectivity index (χ1) is 6.70. The van der Waals surface area contributed by atoms with Gasteiger partial charge in [-0.15, -0.1) is 11.3 Å². The molecular weight excluding hydrogens is 196 g/mol. The first-order valence-electron chi connectivity index (χ1n) is 4.90. The summed E-state index contributed by atoms with van der Waals surface area (Å²) in [5.74, 6) is 0.559. The van der Waals surface area contributed by atoms with E-state index >= 15 is 0 Å². The summed E-state index contributed by atoms with van der Waals surface area (Å²) in [5.41, 5.74) is 1.36. The molecule has 14 heavy (non-hydrogen) atoms. The molecule has 0 bridgehead atoms. The molecule has 1 aromatic heterocycles. The average Bonchev–Trinajstić information content (AvgIpc) is 2.59. The summed E-state index contributed by atoms with van der Waals surface area (Å²) >= 11 is 1.60. The molecule has 0 aliphatic heterocycles. The van der Waals surface area contributed by atoms with Crippen LogP contribution in [0.2, 0.25) is 0 Å². The molecule has 1 atom stereocenters. The summed E-state index contributed by atoms with van der Waals surface area (Å²) in [6.07, 6.45) is 3.48. The van der Waals surface area contributed by atoms with E-state index < -0.39 is 0 Å². The van der Waals surface area contributed by atoms with Crippen LogP contribution in [0.3, 0.4) is 0 Å². The van der Waals surface area contributed by atoms with Crippen LogP contribution in [-0.2, 0) is 17.6 Å². The van der Waals surface area contributed by atoms with Crippen molar-refractivity contribution in [2.75, 3.05) is 7.11 Å². The van der Waals surface area contributed by atoms with Gasteiger partial charge in [-0.25, -0.2) is 4.79 Å². The molecule has 1 aliphatic carbocycles. The van der Waals surface area contributed by atoms with E-state index in [-0.39, 0.29) is 5.97 Å². The monoisotopic (exact) mass is 210 g/mol. The molecule has 0 aromatic carbocycles. The van der Waals surface area contributed by atoms with Gasteiger partial charge in [-0.3, -0.25) is 0 Å². The predicted molar refractivity (Wildman–Crippen MR) is 56.8 cm³/mol. The molecule has 2 nitrogen and oxygen atoms in total. The van der Waals surface area contributed by atoms with Crippen LogP contribution >= 0.6 is 11.3 Å². The number of thiophene rings is 1. The summed E-state index contributed by atoms with van der Waals surface area (Å²) in [6, 6.07) is 2.00. The summed E-state index contributed by atoms with van der Waals surface area (Å²) in [5, 5.41) is 0. The molecule has 0 spiro atoms. The van der Waals surface area contributed by atoms with Gasteiger partial charge in [-0.05, 0) is 36.8 Å². The first-order valence-corrected chi connectivity index (χ1v) is 5.72. The Bertz CT molecular complexity index is 354. The standard InChI is InChI=1S/C11H14O2S/c1-7-3-4-8-6-10(11(12)13-2)14-9(8)5-7/h6-7H,3-5H2,1-2H3. The highest BCUT2D eigenvalue weighted by Crippen LogP contribution is 2.32. The Morgan fingerprint density at radius 2 is 2.43 bits per heavy atom. The van der Waals surface area contributed by atoms with Crippen molar-refractivity contribution in [3.05, 3.63) is 21.4 Å². The SMILES string of the molecule is COC(=O)c1cc2c(s1)CC(C)CC2. The number of hydrogen-bond acceptors (Lipinski definition) is 3. The van der Waals surface area contributed by atoms with Crippen molar-refractivity contribution in [1.29, 1.82) is 0 Å². The molecule has 0 saturated heterocycles. The van der Waals surface area contributed by atoms with Crippen LogP contribution in [0, 0.1) is 5.92 Å². The third-order valence-corrected chi connectivity index (χ3v) is 3.90. The zero-order valence-electron chi connectivity index (χ0n) is 8.50. The van der Waals surface area contributed by atoms with E-state index in [4.69, 9.17) is 4.74 Å². The van der Waals surface area contributed by atoms with Crippen LogP contribution in [0.1, 0.15) is 33.5 Å². The number of rotatable bonds is 1. The van der Waals surface area contributed by atoms with E-state index in [9.17, 15) is 4.79 Å². The lowest BCUT2D eigenvalue weighted by Gasteiger charge is -2.16. The molecule has 3 heteroatoms. The van der Waals surface area contributed by atoms with Crippen LogP contribution < -0.4 is 0 Å². The molecule has 0 fully saturated rings. The number of hydrogen-bond donors (Lipinski definition) is 0. The van der Waals surface area contributed by atoms with Crippen LogP contribution in [0.15, 0.2) is 6.07 Å². The second-order valence-corrected chi connectivity index (χ2v) is 5.04. The first kappa shape index (κ1) is 9.71. The highest BCUT2D eigenvalue weighted by molar-refractivity contribution is 7.14.